The first-order chi connectivity index (χ1) is 12.2. The van der Waals surface area contributed by atoms with Crippen molar-refractivity contribution < 1.29 is 9.15 Å². The predicted octanol–water partition coefficient (Wildman–Crippen LogP) is 1.81. The van der Waals surface area contributed by atoms with E-state index >= 15 is 0 Å². The lowest BCUT2D eigenvalue weighted by Crippen LogP contribution is -2.46. The number of hydrogen-bond acceptors (Lipinski definition) is 8. The average molecular weight is 344 g/mol. The van der Waals surface area contributed by atoms with Crippen LogP contribution in [0.15, 0.2) is 16.8 Å². The van der Waals surface area contributed by atoms with Crippen LogP contribution in [0, 0.1) is 6.92 Å². The van der Waals surface area contributed by atoms with Gasteiger partial charge in [-0.3, -0.25) is 4.90 Å². The summed E-state index contributed by atoms with van der Waals surface area (Å²) in [5, 5.41) is 8.00. The molecular weight excluding hydrogens is 320 g/mol. The van der Waals surface area contributed by atoms with Gasteiger partial charge < -0.3 is 14.1 Å². The van der Waals surface area contributed by atoms with Gasteiger partial charge in [-0.15, -0.1) is 10.2 Å². The highest BCUT2D eigenvalue weighted by Crippen LogP contribution is 2.36. The second-order valence-corrected chi connectivity index (χ2v) is 6.78. The Morgan fingerprint density at radius 1 is 1.16 bits per heavy atom. The Balaban J connectivity index is 1.40. The molecule has 1 saturated heterocycles. The Morgan fingerprint density at radius 3 is 2.56 bits per heavy atom. The van der Waals surface area contributed by atoms with Gasteiger partial charge >= 0.3 is 0 Å². The first-order valence-corrected chi connectivity index (χ1v) is 8.88. The standard InChI is InChI=1S/C17H24N6O2/c1-12-20-21-17(25-12)10-22-7-5-14(6-8-22)23(13-3-4-13)15-9-16(24-2)19-11-18-15/h9,11,13-14H,3-8,10H2,1-2H3. The van der Waals surface area contributed by atoms with Crippen LogP contribution >= 0.6 is 0 Å². The number of piperidine rings is 1. The zero-order chi connectivity index (χ0) is 17.2. The van der Waals surface area contributed by atoms with Gasteiger partial charge in [-0.1, -0.05) is 0 Å². The van der Waals surface area contributed by atoms with E-state index in [-0.39, 0.29) is 0 Å². The second-order valence-electron chi connectivity index (χ2n) is 6.78. The van der Waals surface area contributed by atoms with E-state index in [0.29, 0.717) is 29.7 Å². The molecule has 0 bridgehead atoms. The molecule has 1 aliphatic heterocycles. The number of anilines is 1. The van der Waals surface area contributed by atoms with E-state index in [1.54, 1.807) is 13.4 Å². The fraction of sp³-hybridized carbons (Fsp3) is 0.647. The molecule has 2 aromatic rings. The van der Waals surface area contributed by atoms with Crippen LogP contribution in [0.1, 0.15) is 37.5 Å². The van der Waals surface area contributed by atoms with Crippen molar-refractivity contribution >= 4 is 5.82 Å². The molecule has 1 saturated carbocycles. The lowest BCUT2D eigenvalue weighted by atomic mass is 10.0. The summed E-state index contributed by atoms with van der Waals surface area (Å²) in [6.07, 6.45) is 6.30. The normalized spacial score (nSPS) is 19.1. The summed E-state index contributed by atoms with van der Waals surface area (Å²) in [6.45, 7) is 4.61. The van der Waals surface area contributed by atoms with Crippen LogP contribution in [0.4, 0.5) is 5.82 Å². The summed E-state index contributed by atoms with van der Waals surface area (Å²) in [5.74, 6) is 2.94. The molecule has 0 spiro atoms. The van der Waals surface area contributed by atoms with Crippen molar-refractivity contribution in [2.24, 2.45) is 0 Å². The first kappa shape index (κ1) is 16.3. The molecule has 3 heterocycles. The molecule has 0 aromatic carbocycles. The van der Waals surface area contributed by atoms with E-state index < -0.39 is 0 Å². The van der Waals surface area contributed by atoms with Gasteiger partial charge in [-0.25, -0.2) is 9.97 Å². The maximum atomic E-state index is 5.50. The van der Waals surface area contributed by atoms with Gasteiger partial charge in [0.05, 0.1) is 13.7 Å². The third-order valence-electron chi connectivity index (χ3n) is 4.92. The quantitative estimate of drug-likeness (QED) is 0.785. The Bertz CT molecular complexity index is 709. The summed E-state index contributed by atoms with van der Waals surface area (Å²) >= 11 is 0. The van der Waals surface area contributed by atoms with Crippen molar-refractivity contribution in [3.05, 3.63) is 24.2 Å². The third-order valence-corrected chi connectivity index (χ3v) is 4.92. The number of nitrogens with zero attached hydrogens (tertiary/aromatic N) is 6. The maximum absolute atomic E-state index is 5.50. The highest BCUT2D eigenvalue weighted by atomic mass is 16.5. The van der Waals surface area contributed by atoms with Crippen LogP contribution in [-0.2, 0) is 6.54 Å². The molecule has 2 aliphatic rings. The summed E-state index contributed by atoms with van der Waals surface area (Å²) in [7, 11) is 1.64. The second kappa shape index (κ2) is 6.95. The number of likely N-dealkylation sites (tertiary alicyclic amines) is 1. The van der Waals surface area contributed by atoms with Crippen molar-refractivity contribution in [3.8, 4) is 5.88 Å². The molecule has 134 valence electrons. The van der Waals surface area contributed by atoms with Gasteiger partial charge in [0.2, 0.25) is 17.7 Å². The zero-order valence-corrected chi connectivity index (χ0v) is 14.8. The monoisotopic (exact) mass is 344 g/mol. The lowest BCUT2D eigenvalue weighted by Gasteiger charge is -2.39. The molecule has 2 fully saturated rings. The van der Waals surface area contributed by atoms with Crippen LogP contribution < -0.4 is 9.64 Å². The van der Waals surface area contributed by atoms with E-state index in [9.17, 15) is 0 Å². The van der Waals surface area contributed by atoms with Gasteiger partial charge in [0.15, 0.2) is 0 Å². The van der Waals surface area contributed by atoms with Crippen molar-refractivity contribution in [3.63, 3.8) is 0 Å². The number of hydrogen-bond donors (Lipinski definition) is 0. The minimum atomic E-state index is 0.507. The van der Waals surface area contributed by atoms with E-state index in [1.165, 1.54) is 12.8 Å². The summed E-state index contributed by atoms with van der Waals surface area (Å²) in [4.78, 5) is 13.5. The van der Waals surface area contributed by atoms with Gasteiger partial charge in [0.25, 0.3) is 0 Å². The van der Waals surface area contributed by atoms with E-state index in [4.69, 9.17) is 9.15 Å². The summed E-state index contributed by atoms with van der Waals surface area (Å²) in [5.41, 5.74) is 0. The van der Waals surface area contributed by atoms with Crippen LogP contribution in [0.5, 0.6) is 5.88 Å². The largest absolute Gasteiger partial charge is 0.481 e. The minimum absolute atomic E-state index is 0.507. The van der Waals surface area contributed by atoms with E-state index in [2.05, 4.69) is 30.0 Å². The number of rotatable bonds is 6. The number of aryl methyl sites for hydroxylation is 1. The molecule has 0 unspecified atom stereocenters. The number of methoxy groups -OCH3 is 1. The smallest absolute Gasteiger partial charge is 0.230 e. The molecule has 2 aromatic heterocycles. The summed E-state index contributed by atoms with van der Waals surface area (Å²) in [6, 6.07) is 3.06. The molecular formula is C17H24N6O2. The predicted molar refractivity (Wildman–Crippen MR) is 91.4 cm³/mol. The molecule has 25 heavy (non-hydrogen) atoms. The van der Waals surface area contributed by atoms with Crippen molar-refractivity contribution in [1.29, 1.82) is 0 Å². The van der Waals surface area contributed by atoms with Crippen LogP contribution in [0.2, 0.25) is 0 Å². The molecule has 1 aliphatic carbocycles. The SMILES string of the molecule is COc1cc(N(C2CC2)C2CCN(Cc3nnc(C)o3)CC2)ncn1. The molecule has 0 amide bonds. The minimum Gasteiger partial charge on any atom is -0.481 e. The fourth-order valence-corrected chi connectivity index (χ4v) is 3.56. The van der Waals surface area contributed by atoms with Gasteiger partial charge in [-0.2, -0.15) is 0 Å². The van der Waals surface area contributed by atoms with Crippen LogP contribution in [0.25, 0.3) is 0 Å². The Morgan fingerprint density at radius 2 is 1.92 bits per heavy atom. The first-order valence-electron chi connectivity index (χ1n) is 8.88. The van der Waals surface area contributed by atoms with Gasteiger partial charge in [0.1, 0.15) is 12.1 Å². The topological polar surface area (TPSA) is 80.4 Å². The molecule has 0 N–H and O–H groups in total. The summed E-state index contributed by atoms with van der Waals surface area (Å²) < 4.78 is 10.8. The highest BCUT2D eigenvalue weighted by molar-refractivity contribution is 5.45. The molecule has 8 nitrogen and oxygen atoms in total. The van der Waals surface area contributed by atoms with Crippen molar-refractivity contribution in [2.75, 3.05) is 25.1 Å². The third kappa shape index (κ3) is 3.73. The Hall–Kier alpha value is -2.22. The molecule has 0 radical (unpaired) electrons. The Kier molecular flexibility index (Phi) is 4.52. The zero-order valence-electron chi connectivity index (χ0n) is 14.8. The molecule has 4 rings (SSSR count). The molecule has 8 heteroatoms. The van der Waals surface area contributed by atoms with Gasteiger partial charge in [0, 0.05) is 38.2 Å². The van der Waals surface area contributed by atoms with Crippen LogP contribution in [0.3, 0.4) is 0 Å². The number of aromatic nitrogens is 4. The van der Waals surface area contributed by atoms with Crippen molar-refractivity contribution in [1.82, 2.24) is 25.1 Å². The number of ether oxygens (including phenoxy) is 1. The maximum Gasteiger partial charge on any atom is 0.230 e. The molecule has 0 atom stereocenters. The highest BCUT2D eigenvalue weighted by Gasteiger charge is 2.36. The lowest BCUT2D eigenvalue weighted by molar-refractivity contribution is 0.183. The van der Waals surface area contributed by atoms with Crippen molar-refractivity contribution in [2.45, 2.75) is 51.2 Å². The average Bonchev–Trinajstić information content (AvgIpc) is 3.38. The fourth-order valence-electron chi connectivity index (χ4n) is 3.56. The van der Waals surface area contributed by atoms with E-state index in [0.717, 1.165) is 38.3 Å². The van der Waals surface area contributed by atoms with E-state index in [1.807, 2.05) is 13.0 Å². The van der Waals surface area contributed by atoms with Gasteiger partial charge in [-0.05, 0) is 25.7 Å². The van der Waals surface area contributed by atoms with Crippen LogP contribution in [-0.4, -0.2) is 57.3 Å². The Labute approximate surface area is 147 Å².